The maximum absolute atomic E-state index is 5.87. The Morgan fingerprint density at radius 3 is 2.94 bits per heavy atom. The Bertz CT molecular complexity index is 595. The van der Waals surface area contributed by atoms with Crippen LogP contribution in [0.25, 0.3) is 0 Å². The third kappa shape index (κ3) is 2.27. The molecule has 1 aromatic heterocycles. The highest BCUT2D eigenvalue weighted by Gasteiger charge is 2.13. The number of hydrogen-bond donors (Lipinski definition) is 0. The van der Waals surface area contributed by atoms with Gasteiger partial charge in [0.2, 0.25) is 5.88 Å². The molecule has 1 aromatic carbocycles. The predicted octanol–water partition coefficient (Wildman–Crippen LogP) is 4.43. The third-order valence-electron chi connectivity index (χ3n) is 3.27. The molecule has 0 unspecified atom stereocenters. The SMILES string of the molecule is Cc1ccc(Br)cc1Oc1ccc2c(n1)CCC2. The van der Waals surface area contributed by atoms with Crippen LogP contribution >= 0.6 is 15.9 Å². The zero-order valence-electron chi connectivity index (χ0n) is 10.2. The fraction of sp³-hybridized carbons (Fsp3) is 0.267. The quantitative estimate of drug-likeness (QED) is 0.818. The monoisotopic (exact) mass is 303 g/mol. The Morgan fingerprint density at radius 2 is 2.06 bits per heavy atom. The van der Waals surface area contributed by atoms with Crippen LogP contribution in [-0.2, 0) is 12.8 Å². The first-order valence-corrected chi connectivity index (χ1v) is 6.94. The zero-order valence-corrected chi connectivity index (χ0v) is 11.8. The van der Waals surface area contributed by atoms with E-state index in [-0.39, 0.29) is 0 Å². The van der Waals surface area contributed by atoms with Gasteiger partial charge >= 0.3 is 0 Å². The van der Waals surface area contributed by atoms with E-state index in [1.54, 1.807) is 0 Å². The Morgan fingerprint density at radius 1 is 1.17 bits per heavy atom. The van der Waals surface area contributed by atoms with E-state index in [1.165, 1.54) is 17.7 Å². The van der Waals surface area contributed by atoms with Crippen molar-refractivity contribution in [1.29, 1.82) is 0 Å². The first-order valence-electron chi connectivity index (χ1n) is 6.15. The van der Waals surface area contributed by atoms with Gasteiger partial charge in [-0.2, -0.15) is 0 Å². The van der Waals surface area contributed by atoms with E-state index in [9.17, 15) is 0 Å². The van der Waals surface area contributed by atoms with Gasteiger partial charge in [0.05, 0.1) is 0 Å². The number of aryl methyl sites for hydroxylation is 3. The second kappa shape index (κ2) is 4.73. The maximum atomic E-state index is 5.87. The Kier molecular flexibility index (Phi) is 3.08. The van der Waals surface area contributed by atoms with Gasteiger partial charge in [-0.3, -0.25) is 0 Å². The van der Waals surface area contributed by atoms with Crippen molar-refractivity contribution in [2.24, 2.45) is 0 Å². The van der Waals surface area contributed by atoms with Crippen LogP contribution in [0.5, 0.6) is 11.6 Å². The molecule has 1 heterocycles. The van der Waals surface area contributed by atoms with E-state index in [4.69, 9.17) is 4.74 Å². The first-order chi connectivity index (χ1) is 8.72. The van der Waals surface area contributed by atoms with Gasteiger partial charge in [-0.25, -0.2) is 4.98 Å². The van der Waals surface area contributed by atoms with Crippen molar-refractivity contribution in [3.63, 3.8) is 0 Å². The molecule has 2 nitrogen and oxygen atoms in total. The average molecular weight is 304 g/mol. The molecule has 1 aliphatic carbocycles. The molecule has 0 bridgehead atoms. The molecule has 0 saturated carbocycles. The molecular weight excluding hydrogens is 290 g/mol. The van der Waals surface area contributed by atoms with Gasteiger partial charge in [-0.15, -0.1) is 0 Å². The number of aromatic nitrogens is 1. The lowest BCUT2D eigenvalue weighted by atomic mass is 10.2. The van der Waals surface area contributed by atoms with Crippen molar-refractivity contribution in [3.8, 4) is 11.6 Å². The molecule has 0 spiro atoms. The van der Waals surface area contributed by atoms with Crippen LogP contribution in [0.15, 0.2) is 34.8 Å². The number of fused-ring (bicyclic) bond motifs is 1. The number of pyridine rings is 1. The minimum Gasteiger partial charge on any atom is -0.439 e. The first kappa shape index (κ1) is 11.7. The van der Waals surface area contributed by atoms with Crippen molar-refractivity contribution >= 4 is 15.9 Å². The summed E-state index contributed by atoms with van der Waals surface area (Å²) in [6.07, 6.45) is 3.43. The fourth-order valence-electron chi connectivity index (χ4n) is 2.25. The minimum atomic E-state index is 0.692. The van der Waals surface area contributed by atoms with Gasteiger partial charge < -0.3 is 4.74 Å². The summed E-state index contributed by atoms with van der Waals surface area (Å²) in [6, 6.07) is 10.1. The second-order valence-electron chi connectivity index (χ2n) is 4.62. The minimum absolute atomic E-state index is 0.692. The largest absolute Gasteiger partial charge is 0.439 e. The molecule has 0 saturated heterocycles. The molecule has 0 atom stereocenters. The normalized spacial score (nSPS) is 13.4. The van der Waals surface area contributed by atoms with Crippen LogP contribution in [0.3, 0.4) is 0 Å². The summed E-state index contributed by atoms with van der Waals surface area (Å²) < 4.78 is 6.89. The van der Waals surface area contributed by atoms with Gasteiger partial charge in [0, 0.05) is 16.2 Å². The number of rotatable bonds is 2. The number of benzene rings is 1. The lowest BCUT2D eigenvalue weighted by molar-refractivity contribution is 0.457. The topological polar surface area (TPSA) is 22.1 Å². The van der Waals surface area contributed by atoms with Crippen molar-refractivity contribution in [3.05, 3.63) is 51.6 Å². The number of nitrogens with zero attached hydrogens (tertiary/aromatic N) is 1. The predicted molar refractivity (Wildman–Crippen MR) is 75.2 cm³/mol. The summed E-state index contributed by atoms with van der Waals surface area (Å²) in [5, 5.41) is 0. The van der Waals surface area contributed by atoms with E-state index in [0.29, 0.717) is 5.88 Å². The van der Waals surface area contributed by atoms with Gasteiger partial charge in [-0.05, 0) is 49.4 Å². The van der Waals surface area contributed by atoms with Crippen molar-refractivity contribution in [2.45, 2.75) is 26.2 Å². The van der Waals surface area contributed by atoms with Crippen molar-refractivity contribution < 1.29 is 4.74 Å². The van der Waals surface area contributed by atoms with Gasteiger partial charge in [0.25, 0.3) is 0 Å². The zero-order chi connectivity index (χ0) is 12.5. The molecule has 0 radical (unpaired) electrons. The van der Waals surface area contributed by atoms with Crippen LogP contribution in [-0.4, -0.2) is 4.98 Å². The molecule has 3 rings (SSSR count). The van der Waals surface area contributed by atoms with E-state index in [0.717, 1.165) is 28.6 Å². The summed E-state index contributed by atoms with van der Waals surface area (Å²) in [7, 11) is 0. The average Bonchev–Trinajstić information content (AvgIpc) is 2.81. The van der Waals surface area contributed by atoms with Gasteiger partial charge in [0.15, 0.2) is 0 Å². The molecule has 1 aliphatic rings. The van der Waals surface area contributed by atoms with E-state index >= 15 is 0 Å². The Balaban J connectivity index is 1.90. The third-order valence-corrected chi connectivity index (χ3v) is 3.76. The highest BCUT2D eigenvalue weighted by molar-refractivity contribution is 9.10. The van der Waals surface area contributed by atoms with Crippen LogP contribution in [0, 0.1) is 6.92 Å². The smallest absolute Gasteiger partial charge is 0.219 e. The van der Waals surface area contributed by atoms with E-state index < -0.39 is 0 Å². The number of hydrogen-bond acceptors (Lipinski definition) is 2. The molecule has 0 amide bonds. The number of ether oxygens (including phenoxy) is 1. The molecule has 18 heavy (non-hydrogen) atoms. The van der Waals surface area contributed by atoms with Gasteiger partial charge in [0.1, 0.15) is 5.75 Å². The Hall–Kier alpha value is -1.35. The lowest BCUT2D eigenvalue weighted by Gasteiger charge is -2.09. The van der Waals surface area contributed by atoms with Crippen molar-refractivity contribution in [2.75, 3.05) is 0 Å². The summed E-state index contributed by atoms with van der Waals surface area (Å²) in [4.78, 5) is 4.58. The molecule has 3 heteroatoms. The Labute approximate surface area is 115 Å². The second-order valence-corrected chi connectivity index (χ2v) is 5.54. The van der Waals surface area contributed by atoms with Crippen LogP contribution in [0.4, 0.5) is 0 Å². The fourth-order valence-corrected chi connectivity index (χ4v) is 2.59. The number of halogens is 1. The lowest BCUT2D eigenvalue weighted by Crippen LogP contribution is -1.94. The summed E-state index contributed by atoms with van der Waals surface area (Å²) >= 11 is 3.46. The molecule has 0 N–H and O–H groups in total. The maximum Gasteiger partial charge on any atom is 0.219 e. The molecular formula is C15H14BrNO. The van der Waals surface area contributed by atoms with Crippen LogP contribution in [0.2, 0.25) is 0 Å². The standard InChI is InChI=1S/C15H14BrNO/c1-10-5-7-12(16)9-14(10)18-15-8-6-11-3-2-4-13(11)17-15/h5-9H,2-4H2,1H3. The van der Waals surface area contributed by atoms with E-state index in [1.807, 2.05) is 31.2 Å². The molecule has 92 valence electrons. The van der Waals surface area contributed by atoms with Gasteiger partial charge in [-0.1, -0.05) is 28.1 Å². The molecule has 0 fully saturated rings. The molecule has 2 aromatic rings. The summed E-state index contributed by atoms with van der Waals surface area (Å²) in [5.74, 6) is 1.55. The summed E-state index contributed by atoms with van der Waals surface area (Å²) in [5.41, 5.74) is 3.67. The highest BCUT2D eigenvalue weighted by Crippen LogP contribution is 2.29. The van der Waals surface area contributed by atoms with E-state index in [2.05, 4.69) is 27.0 Å². The van der Waals surface area contributed by atoms with Crippen LogP contribution in [0.1, 0.15) is 23.2 Å². The van der Waals surface area contributed by atoms with Crippen LogP contribution < -0.4 is 4.74 Å². The van der Waals surface area contributed by atoms with Crippen molar-refractivity contribution in [1.82, 2.24) is 4.98 Å². The highest BCUT2D eigenvalue weighted by atomic mass is 79.9. The molecule has 0 aliphatic heterocycles. The summed E-state index contributed by atoms with van der Waals surface area (Å²) in [6.45, 7) is 2.04.